The van der Waals surface area contributed by atoms with E-state index in [0.29, 0.717) is 18.0 Å². The summed E-state index contributed by atoms with van der Waals surface area (Å²) in [4.78, 5) is 34.4. The Hall–Kier alpha value is -3.03. The maximum Gasteiger partial charge on any atom is 0.331 e. The fourth-order valence-corrected chi connectivity index (χ4v) is 1.92. The van der Waals surface area contributed by atoms with Crippen LogP contribution < -0.4 is 20.1 Å². The second-order valence-corrected chi connectivity index (χ2v) is 5.18. The Labute approximate surface area is 145 Å². The topological polar surface area (TPSA) is 103 Å². The molecule has 1 aromatic carbocycles. The summed E-state index contributed by atoms with van der Waals surface area (Å²) >= 11 is 0. The van der Waals surface area contributed by atoms with Gasteiger partial charge in [-0.3, -0.25) is 9.59 Å². The van der Waals surface area contributed by atoms with Gasteiger partial charge in [-0.2, -0.15) is 0 Å². The van der Waals surface area contributed by atoms with Gasteiger partial charge in [0.25, 0.3) is 5.91 Å². The summed E-state index contributed by atoms with van der Waals surface area (Å²) in [5, 5.41) is 4.98. The van der Waals surface area contributed by atoms with E-state index in [-0.39, 0.29) is 19.2 Å². The summed E-state index contributed by atoms with van der Waals surface area (Å²) in [6.07, 6.45) is 3.56. The highest BCUT2D eigenvalue weighted by atomic mass is 16.7. The number of carbonyl (C=O) groups is 3. The van der Waals surface area contributed by atoms with Crippen LogP contribution >= 0.6 is 0 Å². The van der Waals surface area contributed by atoms with Gasteiger partial charge in [-0.25, -0.2) is 4.79 Å². The molecule has 0 saturated carbocycles. The highest BCUT2D eigenvalue weighted by molar-refractivity contribution is 5.90. The summed E-state index contributed by atoms with van der Waals surface area (Å²) in [6, 6.07) is 5.23. The molecule has 0 saturated heterocycles. The molecule has 8 heteroatoms. The van der Waals surface area contributed by atoms with Gasteiger partial charge in [-0.15, -0.1) is 0 Å². The number of benzene rings is 1. The van der Waals surface area contributed by atoms with E-state index >= 15 is 0 Å². The van der Waals surface area contributed by atoms with E-state index in [1.165, 1.54) is 6.08 Å². The third-order valence-corrected chi connectivity index (χ3v) is 3.17. The van der Waals surface area contributed by atoms with Crippen LogP contribution in [0.1, 0.15) is 18.9 Å². The maximum absolute atomic E-state index is 11.6. The van der Waals surface area contributed by atoms with Crippen molar-refractivity contribution in [3.05, 3.63) is 29.8 Å². The molecule has 0 fully saturated rings. The van der Waals surface area contributed by atoms with Crippen molar-refractivity contribution in [2.75, 3.05) is 26.5 Å². The van der Waals surface area contributed by atoms with Crippen LogP contribution in [-0.2, 0) is 19.1 Å². The quantitative estimate of drug-likeness (QED) is 0.527. The number of nitrogens with one attached hydrogen (secondary N) is 2. The Morgan fingerprint density at radius 3 is 2.76 bits per heavy atom. The number of hydrogen-bond donors (Lipinski definition) is 2. The summed E-state index contributed by atoms with van der Waals surface area (Å²) in [5.41, 5.74) is 0.734. The zero-order chi connectivity index (χ0) is 18.1. The number of fused-ring (bicyclic) bond motifs is 1. The van der Waals surface area contributed by atoms with Crippen molar-refractivity contribution in [1.82, 2.24) is 10.6 Å². The Balaban J connectivity index is 1.69. The van der Waals surface area contributed by atoms with Crippen LogP contribution in [0, 0.1) is 0 Å². The summed E-state index contributed by atoms with van der Waals surface area (Å²) < 4.78 is 15.2. The van der Waals surface area contributed by atoms with Crippen LogP contribution in [0.25, 0.3) is 6.08 Å². The third kappa shape index (κ3) is 6.17. The Morgan fingerprint density at radius 2 is 1.96 bits per heavy atom. The monoisotopic (exact) mass is 348 g/mol. The maximum atomic E-state index is 11.6. The van der Waals surface area contributed by atoms with E-state index in [1.807, 2.05) is 6.92 Å². The molecule has 2 rings (SSSR count). The normalized spacial score (nSPS) is 12.0. The lowest BCUT2D eigenvalue weighted by molar-refractivity contribution is -0.143. The average molecular weight is 348 g/mol. The molecular formula is C17H20N2O6. The number of carbonyl (C=O) groups excluding carboxylic acids is 3. The molecule has 134 valence electrons. The van der Waals surface area contributed by atoms with Crippen molar-refractivity contribution in [3.8, 4) is 11.5 Å². The highest BCUT2D eigenvalue weighted by Crippen LogP contribution is 2.32. The molecule has 2 amide bonds. The molecule has 0 bridgehead atoms. The van der Waals surface area contributed by atoms with Crippen molar-refractivity contribution >= 4 is 23.9 Å². The fourth-order valence-electron chi connectivity index (χ4n) is 1.92. The Kier molecular flexibility index (Phi) is 6.82. The van der Waals surface area contributed by atoms with Gasteiger partial charge in [0.15, 0.2) is 18.1 Å². The number of rotatable bonds is 8. The van der Waals surface area contributed by atoms with E-state index in [0.717, 1.165) is 12.0 Å². The van der Waals surface area contributed by atoms with Gasteiger partial charge in [-0.1, -0.05) is 13.0 Å². The second kappa shape index (κ2) is 9.31. The molecule has 0 unspecified atom stereocenters. The van der Waals surface area contributed by atoms with Crippen LogP contribution in [0.5, 0.6) is 11.5 Å². The first-order valence-corrected chi connectivity index (χ1v) is 7.86. The first kappa shape index (κ1) is 18.3. The van der Waals surface area contributed by atoms with E-state index in [1.54, 1.807) is 24.3 Å². The Morgan fingerprint density at radius 1 is 1.16 bits per heavy atom. The van der Waals surface area contributed by atoms with Gasteiger partial charge in [0, 0.05) is 12.6 Å². The molecule has 8 nitrogen and oxygen atoms in total. The van der Waals surface area contributed by atoms with Crippen LogP contribution in [-0.4, -0.2) is 44.3 Å². The SMILES string of the molecule is CCCNC(=O)CNC(=O)COC(=O)/C=C/c1ccc2c(c1)OCO2. The van der Waals surface area contributed by atoms with Gasteiger partial charge in [0.2, 0.25) is 12.7 Å². The number of esters is 1. The Bertz CT molecular complexity index is 671. The van der Waals surface area contributed by atoms with Crippen LogP contribution in [0.4, 0.5) is 0 Å². The third-order valence-electron chi connectivity index (χ3n) is 3.17. The zero-order valence-electron chi connectivity index (χ0n) is 13.9. The predicted molar refractivity (Wildman–Crippen MR) is 88.9 cm³/mol. The zero-order valence-corrected chi connectivity index (χ0v) is 13.9. The minimum absolute atomic E-state index is 0.149. The molecule has 0 aromatic heterocycles. The molecule has 1 aliphatic heterocycles. The van der Waals surface area contributed by atoms with Crippen LogP contribution in [0.15, 0.2) is 24.3 Å². The molecule has 0 aliphatic carbocycles. The summed E-state index contributed by atoms with van der Waals surface area (Å²) in [7, 11) is 0. The van der Waals surface area contributed by atoms with E-state index < -0.39 is 18.5 Å². The molecule has 0 atom stereocenters. The van der Waals surface area contributed by atoms with Gasteiger partial charge in [0.1, 0.15) is 0 Å². The number of hydrogen-bond acceptors (Lipinski definition) is 6. The number of amides is 2. The molecule has 1 aromatic rings. The molecule has 1 aliphatic rings. The van der Waals surface area contributed by atoms with Gasteiger partial charge in [0.05, 0.1) is 6.54 Å². The molecule has 0 radical (unpaired) electrons. The van der Waals surface area contributed by atoms with Crippen LogP contribution in [0.2, 0.25) is 0 Å². The molecule has 1 heterocycles. The average Bonchev–Trinajstić information content (AvgIpc) is 3.08. The van der Waals surface area contributed by atoms with E-state index in [4.69, 9.17) is 14.2 Å². The number of ether oxygens (including phenoxy) is 3. The predicted octanol–water partition coefficient (Wildman–Crippen LogP) is 0.614. The first-order chi connectivity index (χ1) is 12.1. The molecule has 2 N–H and O–H groups in total. The van der Waals surface area contributed by atoms with Crippen molar-refractivity contribution in [2.45, 2.75) is 13.3 Å². The highest BCUT2D eigenvalue weighted by Gasteiger charge is 2.12. The largest absolute Gasteiger partial charge is 0.454 e. The summed E-state index contributed by atoms with van der Waals surface area (Å²) in [6.45, 7) is 2.05. The van der Waals surface area contributed by atoms with Gasteiger partial charge < -0.3 is 24.8 Å². The van der Waals surface area contributed by atoms with E-state index in [2.05, 4.69) is 10.6 Å². The van der Waals surface area contributed by atoms with Crippen molar-refractivity contribution in [1.29, 1.82) is 0 Å². The smallest absolute Gasteiger partial charge is 0.331 e. The lowest BCUT2D eigenvalue weighted by Crippen LogP contribution is -2.38. The fraction of sp³-hybridized carbons (Fsp3) is 0.353. The standard InChI is InChI=1S/C17H20N2O6/c1-2-7-18-15(20)9-19-16(21)10-23-17(22)6-4-12-3-5-13-14(8-12)25-11-24-13/h3-6,8H,2,7,9-11H2,1H3,(H,18,20)(H,19,21)/b6-4+. The molecule has 0 spiro atoms. The van der Waals surface area contributed by atoms with Gasteiger partial charge in [-0.05, 0) is 30.2 Å². The lowest BCUT2D eigenvalue weighted by Gasteiger charge is -2.06. The van der Waals surface area contributed by atoms with Crippen molar-refractivity contribution in [3.63, 3.8) is 0 Å². The lowest BCUT2D eigenvalue weighted by atomic mass is 10.2. The second-order valence-electron chi connectivity index (χ2n) is 5.18. The van der Waals surface area contributed by atoms with E-state index in [9.17, 15) is 14.4 Å². The minimum atomic E-state index is -0.664. The minimum Gasteiger partial charge on any atom is -0.454 e. The summed E-state index contributed by atoms with van der Waals surface area (Å²) in [5.74, 6) is -0.237. The molecule has 25 heavy (non-hydrogen) atoms. The molecular weight excluding hydrogens is 328 g/mol. The first-order valence-electron chi connectivity index (χ1n) is 7.86. The van der Waals surface area contributed by atoms with Gasteiger partial charge >= 0.3 is 5.97 Å². The van der Waals surface area contributed by atoms with Crippen LogP contribution in [0.3, 0.4) is 0 Å². The van der Waals surface area contributed by atoms with Crippen molar-refractivity contribution < 1.29 is 28.6 Å². The van der Waals surface area contributed by atoms with Crippen molar-refractivity contribution in [2.24, 2.45) is 0 Å².